The SMILES string of the molecule is CCN(CC(C)C)c1ncccc1CNC(C)C. The van der Waals surface area contributed by atoms with E-state index < -0.39 is 0 Å². The number of hydrogen-bond acceptors (Lipinski definition) is 3. The first-order valence-electron chi connectivity index (χ1n) is 6.96. The Morgan fingerprint density at radius 3 is 2.56 bits per heavy atom. The summed E-state index contributed by atoms with van der Waals surface area (Å²) in [5.41, 5.74) is 1.29. The van der Waals surface area contributed by atoms with Crippen LogP contribution in [-0.2, 0) is 6.54 Å². The first-order valence-corrected chi connectivity index (χ1v) is 6.96. The minimum absolute atomic E-state index is 0.498. The molecule has 0 unspecified atom stereocenters. The van der Waals surface area contributed by atoms with Crippen molar-refractivity contribution < 1.29 is 0 Å². The van der Waals surface area contributed by atoms with Crippen LogP contribution in [0.15, 0.2) is 18.3 Å². The zero-order valence-electron chi connectivity index (χ0n) is 12.4. The second-order valence-corrected chi connectivity index (χ2v) is 5.45. The van der Waals surface area contributed by atoms with Gasteiger partial charge in [0.25, 0.3) is 0 Å². The van der Waals surface area contributed by atoms with E-state index in [4.69, 9.17) is 0 Å². The highest BCUT2D eigenvalue weighted by atomic mass is 15.2. The van der Waals surface area contributed by atoms with E-state index in [0.29, 0.717) is 12.0 Å². The van der Waals surface area contributed by atoms with Crippen LogP contribution < -0.4 is 10.2 Å². The summed E-state index contributed by atoms with van der Waals surface area (Å²) in [6.07, 6.45) is 1.89. The number of aromatic nitrogens is 1. The monoisotopic (exact) mass is 249 g/mol. The van der Waals surface area contributed by atoms with Crippen LogP contribution in [0.3, 0.4) is 0 Å². The largest absolute Gasteiger partial charge is 0.356 e. The molecule has 3 nitrogen and oxygen atoms in total. The molecule has 1 rings (SSSR count). The van der Waals surface area contributed by atoms with Crippen LogP contribution >= 0.6 is 0 Å². The van der Waals surface area contributed by atoms with E-state index in [-0.39, 0.29) is 0 Å². The molecule has 0 aliphatic carbocycles. The zero-order valence-corrected chi connectivity index (χ0v) is 12.4. The van der Waals surface area contributed by atoms with Crippen molar-refractivity contribution in [3.8, 4) is 0 Å². The van der Waals surface area contributed by atoms with Crippen molar-refractivity contribution in [3.05, 3.63) is 23.9 Å². The first kappa shape index (κ1) is 15.0. The van der Waals surface area contributed by atoms with Crippen LogP contribution in [0.2, 0.25) is 0 Å². The predicted octanol–water partition coefficient (Wildman–Crippen LogP) is 3.06. The van der Waals surface area contributed by atoms with E-state index in [1.54, 1.807) is 0 Å². The van der Waals surface area contributed by atoms with E-state index in [2.05, 4.69) is 55.9 Å². The third-order valence-corrected chi connectivity index (χ3v) is 2.84. The lowest BCUT2D eigenvalue weighted by Crippen LogP contribution is -2.30. The molecule has 0 aliphatic heterocycles. The van der Waals surface area contributed by atoms with Gasteiger partial charge in [0.1, 0.15) is 5.82 Å². The van der Waals surface area contributed by atoms with Gasteiger partial charge in [-0.15, -0.1) is 0 Å². The average molecular weight is 249 g/mol. The second-order valence-electron chi connectivity index (χ2n) is 5.45. The van der Waals surface area contributed by atoms with Gasteiger partial charge in [0, 0.05) is 37.4 Å². The number of hydrogen-bond donors (Lipinski definition) is 1. The van der Waals surface area contributed by atoms with Gasteiger partial charge in [0.15, 0.2) is 0 Å². The number of anilines is 1. The van der Waals surface area contributed by atoms with Crippen molar-refractivity contribution in [2.75, 3.05) is 18.0 Å². The first-order chi connectivity index (χ1) is 8.54. The standard InChI is InChI=1S/C15H27N3/c1-6-18(11-12(2)3)15-14(8-7-9-16-15)10-17-13(4)5/h7-9,12-13,17H,6,10-11H2,1-5H3. The maximum absolute atomic E-state index is 4.57. The fraction of sp³-hybridized carbons (Fsp3) is 0.667. The lowest BCUT2D eigenvalue weighted by Gasteiger charge is -2.26. The van der Waals surface area contributed by atoms with Gasteiger partial charge in [-0.25, -0.2) is 4.98 Å². The third-order valence-electron chi connectivity index (χ3n) is 2.84. The molecular weight excluding hydrogens is 222 g/mol. The Labute approximate surface area is 112 Å². The summed E-state index contributed by atoms with van der Waals surface area (Å²) in [6, 6.07) is 4.68. The van der Waals surface area contributed by atoms with Crippen molar-refractivity contribution in [2.45, 2.75) is 47.2 Å². The Hall–Kier alpha value is -1.09. The van der Waals surface area contributed by atoms with E-state index >= 15 is 0 Å². The predicted molar refractivity (Wildman–Crippen MR) is 78.9 cm³/mol. The number of nitrogens with one attached hydrogen (secondary N) is 1. The van der Waals surface area contributed by atoms with E-state index in [1.165, 1.54) is 5.56 Å². The van der Waals surface area contributed by atoms with Gasteiger partial charge in [-0.3, -0.25) is 0 Å². The van der Waals surface area contributed by atoms with E-state index in [9.17, 15) is 0 Å². The summed E-state index contributed by atoms with van der Waals surface area (Å²) in [6.45, 7) is 14.0. The molecule has 1 heterocycles. The molecule has 0 spiro atoms. The number of rotatable bonds is 7. The van der Waals surface area contributed by atoms with Gasteiger partial charge < -0.3 is 10.2 Å². The van der Waals surface area contributed by atoms with Crippen LogP contribution in [0, 0.1) is 5.92 Å². The van der Waals surface area contributed by atoms with Crippen molar-refractivity contribution in [2.24, 2.45) is 5.92 Å². The molecule has 0 radical (unpaired) electrons. The van der Waals surface area contributed by atoms with E-state index in [0.717, 1.165) is 25.5 Å². The van der Waals surface area contributed by atoms with Gasteiger partial charge >= 0.3 is 0 Å². The molecule has 1 aromatic rings. The molecule has 1 N–H and O–H groups in total. The zero-order chi connectivity index (χ0) is 13.5. The molecule has 0 saturated carbocycles. The topological polar surface area (TPSA) is 28.2 Å². The lowest BCUT2D eigenvalue weighted by atomic mass is 10.1. The highest BCUT2D eigenvalue weighted by molar-refractivity contribution is 5.46. The minimum atomic E-state index is 0.498. The molecule has 0 fully saturated rings. The second kappa shape index (κ2) is 7.37. The minimum Gasteiger partial charge on any atom is -0.356 e. The summed E-state index contributed by atoms with van der Waals surface area (Å²) in [5.74, 6) is 1.78. The Morgan fingerprint density at radius 2 is 2.00 bits per heavy atom. The van der Waals surface area contributed by atoms with E-state index in [1.807, 2.05) is 12.3 Å². The van der Waals surface area contributed by atoms with Crippen LogP contribution in [0.4, 0.5) is 5.82 Å². The van der Waals surface area contributed by atoms with Crippen molar-refractivity contribution >= 4 is 5.82 Å². The normalized spacial score (nSPS) is 11.3. The van der Waals surface area contributed by atoms with Crippen molar-refractivity contribution in [1.29, 1.82) is 0 Å². The van der Waals surface area contributed by atoms with Gasteiger partial charge in [-0.05, 0) is 18.9 Å². The van der Waals surface area contributed by atoms with Crippen molar-refractivity contribution in [1.82, 2.24) is 10.3 Å². The Bertz CT molecular complexity index is 347. The molecule has 0 bridgehead atoms. The maximum Gasteiger partial charge on any atom is 0.133 e. The molecule has 0 saturated heterocycles. The summed E-state index contributed by atoms with van der Waals surface area (Å²) >= 11 is 0. The Morgan fingerprint density at radius 1 is 1.28 bits per heavy atom. The molecule has 0 aromatic carbocycles. The Balaban J connectivity index is 2.84. The van der Waals surface area contributed by atoms with Crippen molar-refractivity contribution in [3.63, 3.8) is 0 Å². The van der Waals surface area contributed by atoms with Gasteiger partial charge in [-0.2, -0.15) is 0 Å². The molecule has 0 amide bonds. The van der Waals surface area contributed by atoms with Gasteiger partial charge in [-0.1, -0.05) is 33.8 Å². The highest BCUT2D eigenvalue weighted by Crippen LogP contribution is 2.18. The molecule has 1 aromatic heterocycles. The third kappa shape index (κ3) is 4.65. The average Bonchev–Trinajstić information content (AvgIpc) is 2.33. The molecule has 18 heavy (non-hydrogen) atoms. The fourth-order valence-corrected chi connectivity index (χ4v) is 1.97. The Kier molecular flexibility index (Phi) is 6.13. The number of nitrogens with zero attached hydrogens (tertiary/aromatic N) is 2. The molecule has 3 heteroatoms. The highest BCUT2D eigenvalue weighted by Gasteiger charge is 2.12. The van der Waals surface area contributed by atoms with Crippen LogP contribution in [0.1, 0.15) is 40.2 Å². The lowest BCUT2D eigenvalue weighted by molar-refractivity contribution is 0.580. The summed E-state index contributed by atoms with van der Waals surface area (Å²) in [7, 11) is 0. The molecule has 0 aliphatic rings. The molecule has 0 atom stereocenters. The summed E-state index contributed by atoms with van der Waals surface area (Å²) in [5, 5.41) is 3.47. The van der Waals surface area contributed by atoms with Gasteiger partial charge in [0.2, 0.25) is 0 Å². The maximum atomic E-state index is 4.57. The fourth-order valence-electron chi connectivity index (χ4n) is 1.97. The quantitative estimate of drug-likeness (QED) is 0.805. The molecular formula is C15H27N3. The molecule has 102 valence electrons. The number of pyridine rings is 1. The van der Waals surface area contributed by atoms with Crippen LogP contribution in [0.25, 0.3) is 0 Å². The summed E-state index contributed by atoms with van der Waals surface area (Å²) in [4.78, 5) is 6.93. The van der Waals surface area contributed by atoms with Gasteiger partial charge in [0.05, 0.1) is 0 Å². The smallest absolute Gasteiger partial charge is 0.133 e. The van der Waals surface area contributed by atoms with Crippen LogP contribution in [0.5, 0.6) is 0 Å². The summed E-state index contributed by atoms with van der Waals surface area (Å²) < 4.78 is 0. The van der Waals surface area contributed by atoms with Crippen LogP contribution in [-0.4, -0.2) is 24.1 Å².